The van der Waals surface area contributed by atoms with Crippen LogP contribution in [0.4, 0.5) is 13.2 Å². The maximum atomic E-state index is 13.1. The smallest absolute Gasteiger partial charge is 0.416 e. The number of benzene rings is 2. The average molecular weight is 500 g/mol. The van der Waals surface area contributed by atoms with E-state index in [0.717, 1.165) is 18.2 Å². The Labute approximate surface area is 198 Å². The largest absolute Gasteiger partial charge is 0.474 e. The quantitative estimate of drug-likeness (QED) is 0.531. The second-order valence-corrected chi connectivity index (χ2v) is 7.89. The number of carbonyl (C=O) groups is 3. The van der Waals surface area contributed by atoms with Gasteiger partial charge in [-0.05, 0) is 43.2 Å². The number of methoxy groups -OCH3 is 1. The van der Waals surface area contributed by atoms with Crippen molar-refractivity contribution in [3.8, 4) is 5.75 Å². The molecule has 182 valence electrons. The number of hydrogen-bond acceptors (Lipinski definition) is 6. The number of halogens is 4. The molecule has 1 saturated heterocycles. The van der Waals surface area contributed by atoms with Crippen molar-refractivity contribution < 1.29 is 41.8 Å². The van der Waals surface area contributed by atoms with Crippen molar-refractivity contribution in [1.82, 2.24) is 4.90 Å². The second kappa shape index (κ2) is 10.8. The summed E-state index contributed by atoms with van der Waals surface area (Å²) in [7, 11) is 1.21. The molecular weight excluding hydrogens is 479 g/mol. The van der Waals surface area contributed by atoms with Gasteiger partial charge < -0.3 is 19.1 Å². The van der Waals surface area contributed by atoms with Gasteiger partial charge in [0, 0.05) is 17.1 Å². The molecule has 3 rings (SSSR count). The highest BCUT2D eigenvalue weighted by Crippen LogP contribution is 2.33. The molecule has 11 heteroatoms. The SMILES string of the molecule is COC(=O)C1CCCN1C(=O)COC(=O)C(Oc1cccc(C(F)(F)F)c1)c1ccc(Cl)cc1. The number of rotatable bonds is 7. The van der Waals surface area contributed by atoms with E-state index in [1.54, 1.807) is 0 Å². The number of carbonyl (C=O) groups excluding carboxylic acids is 3. The molecule has 7 nitrogen and oxygen atoms in total. The van der Waals surface area contributed by atoms with E-state index in [1.807, 2.05) is 0 Å². The summed E-state index contributed by atoms with van der Waals surface area (Å²) in [6.45, 7) is -0.375. The summed E-state index contributed by atoms with van der Waals surface area (Å²) in [4.78, 5) is 38.5. The van der Waals surface area contributed by atoms with Crippen LogP contribution in [0.5, 0.6) is 5.75 Å². The van der Waals surface area contributed by atoms with E-state index in [0.29, 0.717) is 24.4 Å². The molecule has 0 aliphatic carbocycles. The van der Waals surface area contributed by atoms with Crippen LogP contribution in [0, 0.1) is 0 Å². The maximum Gasteiger partial charge on any atom is 0.416 e. The van der Waals surface area contributed by atoms with Crippen LogP contribution in [0.1, 0.15) is 30.1 Å². The Hall–Kier alpha value is -3.27. The Morgan fingerprint density at radius 2 is 1.85 bits per heavy atom. The van der Waals surface area contributed by atoms with Gasteiger partial charge >= 0.3 is 18.1 Å². The molecule has 1 aliphatic heterocycles. The van der Waals surface area contributed by atoms with E-state index in [1.165, 1.54) is 42.3 Å². The van der Waals surface area contributed by atoms with E-state index in [9.17, 15) is 27.6 Å². The zero-order valence-corrected chi connectivity index (χ0v) is 18.8. The van der Waals surface area contributed by atoms with Gasteiger partial charge in [0.15, 0.2) is 6.61 Å². The first-order valence-corrected chi connectivity index (χ1v) is 10.6. The van der Waals surface area contributed by atoms with Crippen LogP contribution in [0.3, 0.4) is 0 Å². The highest BCUT2D eigenvalue weighted by molar-refractivity contribution is 6.30. The molecule has 2 unspecified atom stereocenters. The van der Waals surface area contributed by atoms with Crippen molar-refractivity contribution >= 4 is 29.4 Å². The number of hydrogen-bond donors (Lipinski definition) is 0. The average Bonchev–Trinajstić information content (AvgIpc) is 3.31. The highest BCUT2D eigenvalue weighted by atomic mass is 35.5. The van der Waals surface area contributed by atoms with E-state index >= 15 is 0 Å². The predicted octanol–water partition coefficient (Wildman–Crippen LogP) is 4.19. The lowest BCUT2D eigenvalue weighted by Gasteiger charge is -2.23. The van der Waals surface area contributed by atoms with Crippen LogP contribution in [-0.2, 0) is 30.0 Å². The predicted molar refractivity (Wildman–Crippen MR) is 114 cm³/mol. The van der Waals surface area contributed by atoms with Crippen molar-refractivity contribution in [2.24, 2.45) is 0 Å². The fourth-order valence-electron chi connectivity index (χ4n) is 3.51. The third-order valence-electron chi connectivity index (χ3n) is 5.19. The summed E-state index contributed by atoms with van der Waals surface area (Å²) < 4.78 is 54.6. The minimum Gasteiger partial charge on any atom is -0.474 e. The summed E-state index contributed by atoms with van der Waals surface area (Å²) >= 11 is 5.88. The van der Waals surface area contributed by atoms with E-state index < -0.39 is 48.3 Å². The molecule has 0 spiro atoms. The molecule has 1 amide bonds. The molecule has 1 aliphatic rings. The fraction of sp³-hybridized carbons (Fsp3) is 0.348. The summed E-state index contributed by atoms with van der Waals surface area (Å²) in [5.74, 6) is -2.38. The summed E-state index contributed by atoms with van der Waals surface area (Å²) in [5.41, 5.74) is -0.695. The minimum absolute atomic E-state index is 0.219. The van der Waals surface area contributed by atoms with Crippen LogP contribution in [-0.4, -0.2) is 49.0 Å². The van der Waals surface area contributed by atoms with Gasteiger partial charge in [0.25, 0.3) is 5.91 Å². The molecule has 0 aromatic heterocycles. The lowest BCUT2D eigenvalue weighted by molar-refractivity contribution is -0.160. The molecule has 2 atom stereocenters. The van der Waals surface area contributed by atoms with Gasteiger partial charge in [0.1, 0.15) is 11.8 Å². The summed E-state index contributed by atoms with van der Waals surface area (Å²) in [6.07, 6.45) is -5.05. The van der Waals surface area contributed by atoms with Gasteiger partial charge in [0.2, 0.25) is 6.10 Å². The fourth-order valence-corrected chi connectivity index (χ4v) is 3.64. The highest BCUT2D eigenvalue weighted by Gasteiger charge is 2.36. The summed E-state index contributed by atoms with van der Waals surface area (Å²) in [5, 5.41) is 0.369. The Bertz CT molecular complexity index is 1040. The van der Waals surface area contributed by atoms with Crippen LogP contribution in [0.25, 0.3) is 0 Å². The Balaban J connectivity index is 1.76. The Morgan fingerprint density at radius 3 is 2.50 bits per heavy atom. The number of ether oxygens (including phenoxy) is 3. The molecule has 0 saturated carbocycles. The van der Waals surface area contributed by atoms with Gasteiger partial charge in [-0.25, -0.2) is 9.59 Å². The van der Waals surface area contributed by atoms with Gasteiger partial charge in [-0.2, -0.15) is 13.2 Å². The van der Waals surface area contributed by atoms with Gasteiger partial charge in [-0.3, -0.25) is 4.79 Å². The van der Waals surface area contributed by atoms with Gasteiger partial charge in [-0.1, -0.05) is 29.8 Å². The molecule has 0 radical (unpaired) electrons. The normalized spacial score (nSPS) is 16.6. The molecule has 2 aromatic rings. The number of nitrogens with zero attached hydrogens (tertiary/aromatic N) is 1. The molecule has 0 bridgehead atoms. The Kier molecular flexibility index (Phi) is 8.03. The first-order chi connectivity index (χ1) is 16.1. The van der Waals surface area contributed by atoms with Gasteiger partial charge in [-0.15, -0.1) is 0 Å². The summed E-state index contributed by atoms with van der Waals surface area (Å²) in [6, 6.07) is 9.14. The third-order valence-corrected chi connectivity index (χ3v) is 5.44. The zero-order valence-electron chi connectivity index (χ0n) is 18.0. The number of likely N-dealkylation sites (tertiary alicyclic amines) is 1. The number of alkyl halides is 3. The lowest BCUT2D eigenvalue weighted by Crippen LogP contribution is -2.43. The van der Waals surface area contributed by atoms with E-state index in [-0.39, 0.29) is 11.3 Å². The first kappa shape index (κ1) is 25.4. The van der Waals surface area contributed by atoms with Crippen LogP contribution in [0.15, 0.2) is 48.5 Å². The molecule has 1 heterocycles. The molecule has 1 fully saturated rings. The second-order valence-electron chi connectivity index (χ2n) is 7.45. The van der Waals surface area contributed by atoms with Crippen molar-refractivity contribution in [2.75, 3.05) is 20.3 Å². The first-order valence-electron chi connectivity index (χ1n) is 10.2. The van der Waals surface area contributed by atoms with Gasteiger partial charge in [0.05, 0.1) is 12.7 Å². The minimum atomic E-state index is -4.60. The van der Waals surface area contributed by atoms with Crippen molar-refractivity contribution in [3.63, 3.8) is 0 Å². The van der Waals surface area contributed by atoms with E-state index in [2.05, 4.69) is 0 Å². The number of amides is 1. The Morgan fingerprint density at radius 1 is 1.15 bits per heavy atom. The topological polar surface area (TPSA) is 82.1 Å². The van der Waals surface area contributed by atoms with Crippen LogP contribution in [0.2, 0.25) is 5.02 Å². The van der Waals surface area contributed by atoms with E-state index in [4.69, 9.17) is 25.8 Å². The number of esters is 2. The van der Waals surface area contributed by atoms with Crippen molar-refractivity contribution in [2.45, 2.75) is 31.2 Å². The monoisotopic (exact) mass is 499 g/mol. The van der Waals surface area contributed by atoms with Crippen LogP contribution < -0.4 is 4.74 Å². The third kappa shape index (κ3) is 6.19. The molecule has 0 N–H and O–H groups in total. The molecule has 34 heavy (non-hydrogen) atoms. The molecular formula is C23H21ClF3NO6. The zero-order chi connectivity index (χ0) is 24.9. The van der Waals surface area contributed by atoms with Crippen LogP contribution >= 0.6 is 11.6 Å². The standard InChI is InChI=1S/C23H21ClF3NO6/c1-32-21(30)18-6-3-11-28(18)19(29)13-33-22(31)20(14-7-9-16(24)10-8-14)34-17-5-2-4-15(12-17)23(25,26)27/h2,4-5,7-10,12,18,20H,3,6,11,13H2,1H3. The lowest BCUT2D eigenvalue weighted by atomic mass is 10.1. The maximum absolute atomic E-state index is 13.1. The van der Waals surface area contributed by atoms with Crippen molar-refractivity contribution in [1.29, 1.82) is 0 Å². The van der Waals surface area contributed by atoms with Crippen molar-refractivity contribution in [3.05, 3.63) is 64.7 Å². The molecule has 2 aromatic carbocycles.